The largest absolute Gasteiger partial charge is 0.338 e. The minimum Gasteiger partial charge on any atom is -0.338 e. The number of aryl methyl sites for hydroxylation is 2. The molecule has 0 aliphatic carbocycles. The molecule has 1 aliphatic rings. The molecule has 0 unspecified atom stereocenters. The molecule has 1 atom stereocenters. The highest BCUT2D eigenvalue weighted by atomic mass is 32.1. The third-order valence-corrected chi connectivity index (χ3v) is 6.00. The van der Waals surface area contributed by atoms with Crippen LogP contribution in [0.15, 0.2) is 35.1 Å². The second-order valence-corrected chi connectivity index (χ2v) is 7.78. The number of aromatic nitrogens is 3. The minimum absolute atomic E-state index is 0.154. The van der Waals surface area contributed by atoms with Crippen molar-refractivity contribution in [3.63, 3.8) is 0 Å². The van der Waals surface area contributed by atoms with Crippen molar-refractivity contribution < 1.29 is 4.79 Å². The Morgan fingerprint density at radius 2 is 2.11 bits per heavy atom. The van der Waals surface area contributed by atoms with E-state index in [2.05, 4.69) is 32.0 Å². The lowest BCUT2D eigenvalue weighted by molar-refractivity contribution is -0.120. The first kappa shape index (κ1) is 17.9. The molecule has 4 rings (SSSR count). The van der Waals surface area contributed by atoms with Crippen molar-refractivity contribution in [1.29, 1.82) is 0 Å². The molecular formula is C20H22N4O2S. The van der Waals surface area contributed by atoms with Crippen molar-refractivity contribution in [3.05, 3.63) is 52.1 Å². The van der Waals surface area contributed by atoms with Gasteiger partial charge in [-0.3, -0.25) is 9.59 Å². The molecule has 3 aromatic rings. The first-order valence-corrected chi connectivity index (χ1v) is 10.2. The van der Waals surface area contributed by atoms with Gasteiger partial charge in [0.05, 0.1) is 6.04 Å². The summed E-state index contributed by atoms with van der Waals surface area (Å²) in [6, 6.07) is 9.93. The molecule has 2 aromatic heterocycles. The Hall–Kier alpha value is -2.54. The van der Waals surface area contributed by atoms with Gasteiger partial charge in [0, 0.05) is 19.4 Å². The van der Waals surface area contributed by atoms with Crippen molar-refractivity contribution in [2.45, 2.75) is 45.1 Å². The Kier molecular flexibility index (Phi) is 5.03. The maximum Gasteiger partial charge on any atom is 0.278 e. The van der Waals surface area contributed by atoms with E-state index < -0.39 is 0 Å². The normalized spacial score (nSPS) is 16.9. The van der Waals surface area contributed by atoms with Crippen LogP contribution in [0.25, 0.3) is 10.3 Å². The number of H-pyrrole nitrogens is 1. The van der Waals surface area contributed by atoms with E-state index in [0.717, 1.165) is 30.9 Å². The maximum atomic E-state index is 12.8. The zero-order valence-corrected chi connectivity index (χ0v) is 16.1. The lowest BCUT2D eigenvalue weighted by atomic mass is 10.0. The summed E-state index contributed by atoms with van der Waals surface area (Å²) in [5.41, 5.74) is 1.35. The van der Waals surface area contributed by atoms with E-state index in [1.807, 2.05) is 25.1 Å². The lowest BCUT2D eigenvalue weighted by Gasteiger charge is -2.22. The van der Waals surface area contributed by atoms with E-state index in [4.69, 9.17) is 0 Å². The molecule has 6 nitrogen and oxygen atoms in total. The highest BCUT2D eigenvalue weighted by Crippen LogP contribution is 2.32. The number of Topliss-reactive ketones (excluding diaryl/α,β-unsaturated/α-hetero) is 1. The second-order valence-electron chi connectivity index (χ2n) is 6.82. The van der Waals surface area contributed by atoms with Crippen LogP contribution >= 0.6 is 11.3 Å². The molecule has 140 valence electrons. The van der Waals surface area contributed by atoms with Crippen LogP contribution in [0.3, 0.4) is 0 Å². The standard InChI is InChI=1S/C20H22N4O2S/c1-2-16-21-18(26)17-19(22-16)27-20(23-17)24-12-6-9-14(24)15(25)11-10-13-7-4-3-5-8-13/h3-5,7-8,14H,2,6,9-12H2,1H3,(H,21,22,26)/t14-/m1/s1. The fourth-order valence-corrected chi connectivity index (χ4v) is 4.60. The monoisotopic (exact) mass is 382 g/mol. The van der Waals surface area contributed by atoms with Gasteiger partial charge in [-0.2, -0.15) is 0 Å². The molecule has 0 bridgehead atoms. The summed E-state index contributed by atoms with van der Waals surface area (Å²) in [7, 11) is 0. The molecule has 7 heteroatoms. The number of anilines is 1. The Bertz CT molecular complexity index is 1010. The van der Waals surface area contributed by atoms with E-state index in [0.29, 0.717) is 29.0 Å². The quantitative estimate of drug-likeness (QED) is 0.709. The number of ketones is 1. The van der Waals surface area contributed by atoms with Gasteiger partial charge < -0.3 is 9.88 Å². The van der Waals surface area contributed by atoms with Crippen molar-refractivity contribution in [1.82, 2.24) is 15.0 Å². The van der Waals surface area contributed by atoms with Crippen molar-refractivity contribution in [3.8, 4) is 0 Å². The van der Waals surface area contributed by atoms with Crippen molar-refractivity contribution in [2.24, 2.45) is 0 Å². The van der Waals surface area contributed by atoms with E-state index in [1.54, 1.807) is 0 Å². The van der Waals surface area contributed by atoms with Crippen LogP contribution in [0, 0.1) is 0 Å². The number of rotatable bonds is 6. The molecule has 3 heterocycles. The molecule has 0 saturated carbocycles. The number of hydrogen-bond acceptors (Lipinski definition) is 6. The molecule has 27 heavy (non-hydrogen) atoms. The smallest absolute Gasteiger partial charge is 0.278 e. The van der Waals surface area contributed by atoms with Gasteiger partial charge in [-0.25, -0.2) is 9.97 Å². The van der Waals surface area contributed by atoms with Gasteiger partial charge >= 0.3 is 0 Å². The number of carbonyl (C=O) groups excluding carboxylic acids is 1. The van der Waals surface area contributed by atoms with Gasteiger partial charge in [0.25, 0.3) is 5.56 Å². The average Bonchev–Trinajstić information content (AvgIpc) is 3.33. The number of aromatic amines is 1. The highest BCUT2D eigenvalue weighted by Gasteiger charge is 2.32. The summed E-state index contributed by atoms with van der Waals surface area (Å²) >= 11 is 1.41. The molecule has 1 aromatic carbocycles. The number of nitrogens with zero attached hydrogens (tertiary/aromatic N) is 3. The summed E-state index contributed by atoms with van der Waals surface area (Å²) in [6.45, 7) is 2.74. The number of carbonyl (C=O) groups is 1. The molecule has 1 N–H and O–H groups in total. The number of benzene rings is 1. The van der Waals surface area contributed by atoms with Crippen LogP contribution < -0.4 is 10.5 Å². The van der Waals surface area contributed by atoms with E-state index >= 15 is 0 Å². The second kappa shape index (κ2) is 7.60. The van der Waals surface area contributed by atoms with E-state index in [9.17, 15) is 9.59 Å². The maximum absolute atomic E-state index is 12.8. The summed E-state index contributed by atoms with van der Waals surface area (Å²) in [6.07, 6.45) is 3.75. The van der Waals surface area contributed by atoms with Crippen LogP contribution in [0.4, 0.5) is 5.13 Å². The fraction of sp³-hybridized carbons (Fsp3) is 0.400. The molecule has 1 fully saturated rings. The molecule has 1 aliphatic heterocycles. The summed E-state index contributed by atoms with van der Waals surface area (Å²) in [5, 5.41) is 0.729. The highest BCUT2D eigenvalue weighted by molar-refractivity contribution is 7.21. The molecule has 0 radical (unpaired) electrons. The first-order chi connectivity index (χ1) is 13.2. The zero-order valence-electron chi connectivity index (χ0n) is 15.3. The van der Waals surface area contributed by atoms with Crippen LogP contribution in [0.5, 0.6) is 0 Å². The SMILES string of the molecule is CCc1nc2sc(N3CCC[C@@H]3C(=O)CCc3ccccc3)nc2c(=O)[nH]1. The summed E-state index contributed by atoms with van der Waals surface area (Å²) in [4.78, 5) is 39.5. The van der Waals surface area contributed by atoms with Crippen LogP contribution in [-0.4, -0.2) is 33.3 Å². The van der Waals surface area contributed by atoms with Gasteiger partial charge in [0.15, 0.2) is 21.3 Å². The number of nitrogens with one attached hydrogen (secondary N) is 1. The Balaban J connectivity index is 1.54. The Morgan fingerprint density at radius 3 is 2.89 bits per heavy atom. The topological polar surface area (TPSA) is 79.0 Å². The summed E-state index contributed by atoms with van der Waals surface area (Å²) in [5.74, 6) is 0.909. The summed E-state index contributed by atoms with van der Waals surface area (Å²) < 4.78 is 0. The molecule has 0 amide bonds. The Labute approximate surface area is 161 Å². The average molecular weight is 382 g/mol. The van der Waals surface area contributed by atoms with Crippen LogP contribution in [0.1, 0.15) is 37.6 Å². The molecule has 1 saturated heterocycles. The fourth-order valence-electron chi connectivity index (χ4n) is 3.57. The van der Waals surface area contributed by atoms with E-state index in [-0.39, 0.29) is 17.4 Å². The predicted octanol–water partition coefficient (Wildman–Crippen LogP) is 3.11. The predicted molar refractivity (Wildman–Crippen MR) is 108 cm³/mol. The van der Waals surface area contributed by atoms with Crippen molar-refractivity contribution in [2.75, 3.05) is 11.4 Å². The Morgan fingerprint density at radius 1 is 1.30 bits per heavy atom. The van der Waals surface area contributed by atoms with Gasteiger partial charge in [-0.05, 0) is 24.8 Å². The lowest BCUT2D eigenvalue weighted by Crippen LogP contribution is -2.36. The first-order valence-electron chi connectivity index (χ1n) is 9.38. The van der Waals surface area contributed by atoms with Gasteiger partial charge in [0.1, 0.15) is 5.82 Å². The number of fused-ring (bicyclic) bond motifs is 1. The minimum atomic E-state index is -0.203. The third kappa shape index (κ3) is 3.64. The molecular weight excluding hydrogens is 360 g/mol. The number of hydrogen-bond donors (Lipinski definition) is 1. The number of thiazole rings is 1. The van der Waals surface area contributed by atoms with E-state index in [1.165, 1.54) is 16.9 Å². The van der Waals surface area contributed by atoms with Gasteiger partial charge in [0.2, 0.25) is 0 Å². The van der Waals surface area contributed by atoms with Gasteiger partial charge in [-0.15, -0.1) is 0 Å². The zero-order chi connectivity index (χ0) is 18.8. The van der Waals surface area contributed by atoms with Gasteiger partial charge in [-0.1, -0.05) is 48.6 Å². The van der Waals surface area contributed by atoms with Crippen LogP contribution in [0.2, 0.25) is 0 Å². The van der Waals surface area contributed by atoms with Crippen molar-refractivity contribution >= 4 is 32.6 Å². The molecule has 0 spiro atoms. The third-order valence-electron chi connectivity index (χ3n) is 5.02. The van der Waals surface area contributed by atoms with Crippen LogP contribution in [-0.2, 0) is 17.6 Å².